The van der Waals surface area contributed by atoms with Crippen molar-refractivity contribution in [1.29, 1.82) is 0 Å². The molecule has 6 nitrogen and oxygen atoms in total. The SMILES string of the molecule is CC(C)CCN1CCN(C(=O)C2CCC(C(=O)O)O2)CC1. The molecule has 0 saturated carbocycles. The lowest BCUT2D eigenvalue weighted by Gasteiger charge is -2.36. The molecule has 0 aromatic heterocycles. The van der Waals surface area contributed by atoms with Crippen molar-refractivity contribution in [2.75, 3.05) is 32.7 Å². The van der Waals surface area contributed by atoms with Crippen LogP contribution in [0.5, 0.6) is 0 Å². The van der Waals surface area contributed by atoms with Gasteiger partial charge in [-0.25, -0.2) is 4.79 Å². The molecular formula is C15H26N2O4. The van der Waals surface area contributed by atoms with Gasteiger partial charge in [0, 0.05) is 26.2 Å². The summed E-state index contributed by atoms with van der Waals surface area (Å²) in [5.41, 5.74) is 0. The number of carbonyl (C=O) groups is 2. The van der Waals surface area contributed by atoms with E-state index in [1.54, 1.807) is 0 Å². The Hall–Kier alpha value is -1.14. The van der Waals surface area contributed by atoms with E-state index in [1.165, 1.54) is 6.42 Å². The van der Waals surface area contributed by atoms with Crippen LogP contribution in [0.4, 0.5) is 0 Å². The van der Waals surface area contributed by atoms with Crippen LogP contribution in [0.15, 0.2) is 0 Å². The standard InChI is InChI=1S/C15H26N2O4/c1-11(2)5-6-16-7-9-17(10-8-16)14(18)12-3-4-13(21-12)15(19)20/h11-13H,3-10H2,1-2H3,(H,19,20). The molecule has 2 saturated heterocycles. The van der Waals surface area contributed by atoms with Gasteiger partial charge in [0.15, 0.2) is 6.10 Å². The average molecular weight is 298 g/mol. The smallest absolute Gasteiger partial charge is 0.332 e. The molecule has 2 aliphatic rings. The zero-order valence-corrected chi connectivity index (χ0v) is 13.0. The second kappa shape index (κ2) is 7.22. The van der Waals surface area contributed by atoms with E-state index >= 15 is 0 Å². The zero-order valence-electron chi connectivity index (χ0n) is 13.0. The summed E-state index contributed by atoms with van der Waals surface area (Å²) in [6.07, 6.45) is 0.753. The summed E-state index contributed by atoms with van der Waals surface area (Å²) in [6, 6.07) is 0. The van der Waals surface area contributed by atoms with Gasteiger partial charge >= 0.3 is 5.97 Å². The second-order valence-electron chi connectivity index (χ2n) is 6.38. The molecule has 0 radical (unpaired) electrons. The van der Waals surface area contributed by atoms with Crippen LogP contribution in [0.2, 0.25) is 0 Å². The number of hydrogen-bond donors (Lipinski definition) is 1. The van der Waals surface area contributed by atoms with E-state index in [0.717, 1.165) is 19.6 Å². The maximum Gasteiger partial charge on any atom is 0.332 e. The molecule has 2 fully saturated rings. The molecule has 0 aliphatic carbocycles. The number of carboxylic acids is 1. The molecule has 1 N–H and O–H groups in total. The maximum atomic E-state index is 12.3. The fourth-order valence-electron chi connectivity index (χ4n) is 2.84. The van der Waals surface area contributed by atoms with Gasteiger partial charge in [0.05, 0.1) is 0 Å². The second-order valence-corrected chi connectivity index (χ2v) is 6.38. The van der Waals surface area contributed by atoms with Gasteiger partial charge in [0.25, 0.3) is 5.91 Å². The Balaban J connectivity index is 1.75. The highest BCUT2D eigenvalue weighted by Gasteiger charge is 2.37. The van der Waals surface area contributed by atoms with E-state index in [9.17, 15) is 9.59 Å². The number of carboxylic acid groups (broad SMARTS) is 1. The van der Waals surface area contributed by atoms with Crippen molar-refractivity contribution in [3.63, 3.8) is 0 Å². The van der Waals surface area contributed by atoms with Crippen molar-refractivity contribution in [3.8, 4) is 0 Å². The maximum absolute atomic E-state index is 12.3. The predicted octanol–water partition coefficient (Wildman–Crippen LogP) is 0.809. The largest absolute Gasteiger partial charge is 0.479 e. The molecule has 120 valence electrons. The molecule has 0 aromatic rings. The monoisotopic (exact) mass is 298 g/mol. The number of nitrogens with zero attached hydrogens (tertiary/aromatic N) is 2. The van der Waals surface area contributed by atoms with Crippen LogP contribution in [0.3, 0.4) is 0 Å². The van der Waals surface area contributed by atoms with Gasteiger partial charge in [-0.1, -0.05) is 13.8 Å². The fraction of sp³-hybridized carbons (Fsp3) is 0.867. The van der Waals surface area contributed by atoms with Gasteiger partial charge in [0.2, 0.25) is 0 Å². The molecule has 2 heterocycles. The summed E-state index contributed by atoms with van der Waals surface area (Å²) in [4.78, 5) is 27.4. The number of carbonyl (C=O) groups excluding carboxylic acids is 1. The van der Waals surface area contributed by atoms with Crippen LogP contribution in [0.25, 0.3) is 0 Å². The Labute approximate surface area is 126 Å². The van der Waals surface area contributed by atoms with Crippen LogP contribution >= 0.6 is 0 Å². The number of aliphatic carboxylic acids is 1. The molecule has 21 heavy (non-hydrogen) atoms. The molecule has 0 bridgehead atoms. The van der Waals surface area contributed by atoms with Crippen molar-refractivity contribution < 1.29 is 19.4 Å². The Kier molecular flexibility index (Phi) is 5.58. The van der Waals surface area contributed by atoms with Crippen LogP contribution in [0, 0.1) is 5.92 Å². The number of piperazine rings is 1. The first kappa shape index (κ1) is 16.2. The zero-order chi connectivity index (χ0) is 15.4. The number of hydrogen-bond acceptors (Lipinski definition) is 4. The van der Waals surface area contributed by atoms with Crippen LogP contribution in [0.1, 0.15) is 33.1 Å². The quantitative estimate of drug-likeness (QED) is 0.813. The average Bonchev–Trinajstić information content (AvgIpc) is 2.95. The van der Waals surface area contributed by atoms with Gasteiger partial charge in [-0.05, 0) is 31.7 Å². The van der Waals surface area contributed by atoms with E-state index in [1.807, 2.05) is 4.90 Å². The van der Waals surface area contributed by atoms with Crippen molar-refractivity contribution in [1.82, 2.24) is 9.80 Å². The minimum Gasteiger partial charge on any atom is -0.479 e. The van der Waals surface area contributed by atoms with E-state index in [-0.39, 0.29) is 5.91 Å². The highest BCUT2D eigenvalue weighted by atomic mass is 16.5. The summed E-state index contributed by atoms with van der Waals surface area (Å²) in [5.74, 6) is -0.310. The topological polar surface area (TPSA) is 70.1 Å². The molecule has 6 heteroatoms. The van der Waals surface area contributed by atoms with Crippen molar-refractivity contribution in [3.05, 3.63) is 0 Å². The van der Waals surface area contributed by atoms with Gasteiger partial charge in [-0.3, -0.25) is 9.69 Å². The Morgan fingerprint density at radius 3 is 2.29 bits per heavy atom. The van der Waals surface area contributed by atoms with Gasteiger partial charge < -0.3 is 14.7 Å². The third-order valence-corrected chi connectivity index (χ3v) is 4.28. The van der Waals surface area contributed by atoms with Crippen LogP contribution in [-0.4, -0.2) is 71.7 Å². The fourth-order valence-corrected chi connectivity index (χ4v) is 2.84. The minimum atomic E-state index is -0.969. The summed E-state index contributed by atoms with van der Waals surface area (Å²) in [6.45, 7) is 8.75. The summed E-state index contributed by atoms with van der Waals surface area (Å²) in [5, 5.41) is 8.91. The van der Waals surface area contributed by atoms with Gasteiger partial charge in [-0.15, -0.1) is 0 Å². The molecule has 2 atom stereocenters. The third-order valence-electron chi connectivity index (χ3n) is 4.28. The molecular weight excluding hydrogens is 272 g/mol. The van der Waals surface area contributed by atoms with Gasteiger partial charge in [0.1, 0.15) is 6.10 Å². The van der Waals surface area contributed by atoms with E-state index < -0.39 is 18.2 Å². The normalized spacial score (nSPS) is 27.3. The first-order valence-corrected chi connectivity index (χ1v) is 7.86. The summed E-state index contributed by atoms with van der Waals surface area (Å²) in [7, 11) is 0. The molecule has 2 aliphatic heterocycles. The van der Waals surface area contributed by atoms with E-state index in [0.29, 0.717) is 31.8 Å². The number of ether oxygens (including phenoxy) is 1. The lowest BCUT2D eigenvalue weighted by atomic mass is 10.1. The summed E-state index contributed by atoms with van der Waals surface area (Å²) >= 11 is 0. The molecule has 2 rings (SSSR count). The highest BCUT2D eigenvalue weighted by molar-refractivity contribution is 5.82. The highest BCUT2D eigenvalue weighted by Crippen LogP contribution is 2.22. The number of amides is 1. The Bertz CT molecular complexity index is 378. The summed E-state index contributed by atoms with van der Waals surface area (Å²) < 4.78 is 5.34. The lowest BCUT2D eigenvalue weighted by molar-refractivity contribution is -0.155. The first-order chi connectivity index (χ1) is 9.97. The predicted molar refractivity (Wildman–Crippen MR) is 78.0 cm³/mol. The van der Waals surface area contributed by atoms with Crippen molar-refractivity contribution in [2.24, 2.45) is 5.92 Å². The Morgan fingerprint density at radius 1 is 1.14 bits per heavy atom. The van der Waals surface area contributed by atoms with Crippen molar-refractivity contribution >= 4 is 11.9 Å². The molecule has 1 amide bonds. The molecule has 0 spiro atoms. The van der Waals surface area contributed by atoms with Crippen LogP contribution < -0.4 is 0 Å². The lowest BCUT2D eigenvalue weighted by Crippen LogP contribution is -2.51. The Morgan fingerprint density at radius 2 is 1.76 bits per heavy atom. The third kappa shape index (κ3) is 4.41. The molecule has 2 unspecified atom stereocenters. The van der Waals surface area contributed by atoms with E-state index in [4.69, 9.17) is 9.84 Å². The number of rotatable bonds is 5. The van der Waals surface area contributed by atoms with Crippen molar-refractivity contribution in [2.45, 2.75) is 45.3 Å². The first-order valence-electron chi connectivity index (χ1n) is 7.86. The van der Waals surface area contributed by atoms with Crippen LogP contribution in [-0.2, 0) is 14.3 Å². The molecule has 0 aromatic carbocycles. The van der Waals surface area contributed by atoms with E-state index in [2.05, 4.69) is 18.7 Å². The minimum absolute atomic E-state index is 0.0396. The van der Waals surface area contributed by atoms with Gasteiger partial charge in [-0.2, -0.15) is 0 Å².